The van der Waals surface area contributed by atoms with Crippen molar-refractivity contribution in [2.45, 2.75) is 46.6 Å². The molecule has 0 aliphatic rings. The van der Waals surface area contributed by atoms with Gasteiger partial charge < -0.3 is 0 Å². The zero-order valence-corrected chi connectivity index (χ0v) is 20.1. The Hall–Kier alpha value is -4.14. The first-order chi connectivity index (χ1) is 16.9. The standard InChI is InChI=1S/C26H28N6O3/c1-4-24(34)32-23(16-33)22(14-9-17(2)3)31(26(32)35)15-18-10-12-19(13-11-18)20-7-5-6-8-21(20)25-27-29-30-28-25/h5-8,10-13,16-17H,4,9,14-15H2,1-3H3,(H,27,28,29,30). The Morgan fingerprint density at radius 3 is 2.40 bits per heavy atom. The number of rotatable bonds is 9. The first kappa shape index (κ1) is 24.0. The predicted molar refractivity (Wildman–Crippen MR) is 132 cm³/mol. The number of nitrogens with one attached hydrogen (secondary N) is 1. The van der Waals surface area contributed by atoms with Crippen LogP contribution in [0, 0.1) is 5.92 Å². The highest BCUT2D eigenvalue weighted by molar-refractivity contribution is 5.87. The summed E-state index contributed by atoms with van der Waals surface area (Å²) in [5.41, 5.74) is 3.96. The van der Waals surface area contributed by atoms with Crippen molar-refractivity contribution < 1.29 is 9.59 Å². The quantitative estimate of drug-likeness (QED) is 0.368. The molecular weight excluding hydrogens is 444 g/mol. The summed E-state index contributed by atoms with van der Waals surface area (Å²) >= 11 is 0. The van der Waals surface area contributed by atoms with Crippen molar-refractivity contribution in [1.82, 2.24) is 29.8 Å². The Bertz CT molecular complexity index is 1380. The van der Waals surface area contributed by atoms with E-state index >= 15 is 0 Å². The highest BCUT2D eigenvalue weighted by Gasteiger charge is 2.23. The topological polar surface area (TPSA) is 116 Å². The van der Waals surface area contributed by atoms with E-state index in [1.165, 1.54) is 0 Å². The first-order valence-electron chi connectivity index (χ1n) is 11.7. The van der Waals surface area contributed by atoms with E-state index in [9.17, 15) is 14.4 Å². The lowest BCUT2D eigenvalue weighted by molar-refractivity contribution is 0.0893. The number of carbonyl (C=O) groups excluding carboxylic acids is 2. The minimum atomic E-state index is -0.468. The second kappa shape index (κ2) is 10.4. The molecule has 0 atom stereocenters. The van der Waals surface area contributed by atoms with Crippen molar-refractivity contribution in [2.24, 2.45) is 5.92 Å². The minimum Gasteiger partial charge on any atom is -0.296 e. The molecule has 2 aromatic heterocycles. The number of benzene rings is 2. The molecule has 0 radical (unpaired) electrons. The summed E-state index contributed by atoms with van der Waals surface area (Å²) in [5, 5.41) is 14.3. The Labute approximate surface area is 202 Å². The van der Waals surface area contributed by atoms with Crippen LogP contribution in [-0.4, -0.2) is 42.0 Å². The van der Waals surface area contributed by atoms with Crippen LogP contribution in [0.25, 0.3) is 22.5 Å². The smallest absolute Gasteiger partial charge is 0.296 e. The predicted octanol–water partition coefficient (Wildman–Crippen LogP) is 4.00. The highest BCUT2D eigenvalue weighted by atomic mass is 16.2. The van der Waals surface area contributed by atoms with Gasteiger partial charge in [0.25, 0.3) is 0 Å². The van der Waals surface area contributed by atoms with E-state index in [4.69, 9.17) is 0 Å². The van der Waals surface area contributed by atoms with Gasteiger partial charge >= 0.3 is 5.69 Å². The van der Waals surface area contributed by atoms with Gasteiger partial charge in [0.05, 0.1) is 12.2 Å². The number of aldehydes is 1. The number of hydrogen-bond donors (Lipinski definition) is 1. The zero-order chi connectivity index (χ0) is 24.9. The summed E-state index contributed by atoms with van der Waals surface area (Å²) in [4.78, 5) is 37.6. The van der Waals surface area contributed by atoms with Crippen molar-refractivity contribution >= 4 is 12.2 Å². The lowest BCUT2D eigenvalue weighted by Gasteiger charge is -2.11. The van der Waals surface area contributed by atoms with Gasteiger partial charge in [-0.1, -0.05) is 69.3 Å². The van der Waals surface area contributed by atoms with Crippen molar-refractivity contribution in [1.29, 1.82) is 0 Å². The van der Waals surface area contributed by atoms with E-state index in [2.05, 4.69) is 34.5 Å². The molecule has 4 aromatic rings. The molecule has 4 rings (SSSR count). The fourth-order valence-corrected chi connectivity index (χ4v) is 4.16. The maximum atomic E-state index is 13.2. The van der Waals surface area contributed by atoms with Gasteiger partial charge in [-0.25, -0.2) is 9.36 Å². The average molecular weight is 473 g/mol. The largest absolute Gasteiger partial charge is 0.336 e. The molecule has 0 unspecified atom stereocenters. The van der Waals surface area contributed by atoms with Crippen LogP contribution in [0.1, 0.15) is 60.2 Å². The molecule has 180 valence electrons. The Kier molecular flexibility index (Phi) is 7.14. The van der Waals surface area contributed by atoms with Crippen LogP contribution in [0.3, 0.4) is 0 Å². The molecule has 2 aromatic carbocycles. The number of hydrogen-bond acceptors (Lipinski definition) is 6. The summed E-state index contributed by atoms with van der Waals surface area (Å²) in [6, 6.07) is 15.6. The van der Waals surface area contributed by atoms with Crippen LogP contribution in [0.5, 0.6) is 0 Å². The first-order valence-corrected chi connectivity index (χ1v) is 11.7. The highest BCUT2D eigenvalue weighted by Crippen LogP contribution is 2.30. The number of carbonyl (C=O) groups is 2. The van der Waals surface area contributed by atoms with Crippen molar-refractivity contribution in [3.05, 3.63) is 76.0 Å². The molecular formula is C26H28N6O3. The minimum absolute atomic E-state index is 0.142. The lowest BCUT2D eigenvalue weighted by atomic mass is 9.98. The van der Waals surface area contributed by atoms with Gasteiger partial charge in [0.1, 0.15) is 5.69 Å². The average Bonchev–Trinajstić information content (AvgIpc) is 3.50. The van der Waals surface area contributed by atoms with E-state index < -0.39 is 5.69 Å². The van der Waals surface area contributed by atoms with E-state index in [0.717, 1.165) is 33.2 Å². The molecule has 0 saturated carbocycles. The van der Waals surface area contributed by atoms with Crippen LogP contribution in [0.2, 0.25) is 0 Å². The van der Waals surface area contributed by atoms with Gasteiger partial charge in [-0.15, -0.1) is 10.2 Å². The zero-order valence-electron chi connectivity index (χ0n) is 20.1. The molecule has 9 heteroatoms. The summed E-state index contributed by atoms with van der Waals surface area (Å²) in [5.74, 6) is 0.520. The van der Waals surface area contributed by atoms with Gasteiger partial charge in [0.2, 0.25) is 11.7 Å². The van der Waals surface area contributed by atoms with Crippen molar-refractivity contribution in [3.8, 4) is 22.5 Å². The summed E-state index contributed by atoms with van der Waals surface area (Å²) in [6.45, 7) is 6.12. The van der Waals surface area contributed by atoms with Crippen molar-refractivity contribution in [2.75, 3.05) is 0 Å². The fourth-order valence-electron chi connectivity index (χ4n) is 4.16. The number of nitrogens with zero attached hydrogens (tertiary/aromatic N) is 5. The molecule has 1 N–H and O–H groups in total. The fraction of sp³-hybridized carbons (Fsp3) is 0.308. The summed E-state index contributed by atoms with van der Waals surface area (Å²) in [6.07, 6.45) is 2.11. The van der Waals surface area contributed by atoms with E-state index in [1.54, 1.807) is 11.5 Å². The maximum absolute atomic E-state index is 13.2. The Balaban J connectivity index is 1.70. The second-order valence-electron chi connectivity index (χ2n) is 8.81. The van der Waals surface area contributed by atoms with Gasteiger partial charge in [-0.2, -0.15) is 5.21 Å². The van der Waals surface area contributed by atoms with Crippen LogP contribution < -0.4 is 5.69 Å². The molecule has 0 aliphatic heterocycles. The lowest BCUT2D eigenvalue weighted by Crippen LogP contribution is -2.30. The van der Waals surface area contributed by atoms with Crippen LogP contribution in [0.15, 0.2) is 53.3 Å². The van der Waals surface area contributed by atoms with E-state index in [1.807, 2.05) is 48.5 Å². The van der Waals surface area contributed by atoms with Gasteiger partial charge in [0, 0.05) is 12.0 Å². The molecule has 0 spiro atoms. The molecule has 35 heavy (non-hydrogen) atoms. The van der Waals surface area contributed by atoms with Crippen LogP contribution >= 0.6 is 0 Å². The normalized spacial score (nSPS) is 11.2. The number of H-pyrrole nitrogens is 1. The molecule has 2 heterocycles. The van der Waals surface area contributed by atoms with Gasteiger partial charge in [-0.05, 0) is 40.7 Å². The third-order valence-electron chi connectivity index (χ3n) is 6.03. The maximum Gasteiger partial charge on any atom is 0.336 e. The van der Waals surface area contributed by atoms with Crippen LogP contribution in [0.4, 0.5) is 0 Å². The Morgan fingerprint density at radius 2 is 1.80 bits per heavy atom. The number of tetrazole rings is 1. The molecule has 0 bridgehead atoms. The van der Waals surface area contributed by atoms with Gasteiger partial charge in [-0.3, -0.25) is 14.2 Å². The van der Waals surface area contributed by atoms with Crippen LogP contribution in [-0.2, 0) is 13.0 Å². The molecule has 9 nitrogen and oxygen atoms in total. The second-order valence-corrected chi connectivity index (χ2v) is 8.81. The number of imidazole rings is 1. The SMILES string of the molecule is CCC(=O)n1c(C=O)c(CCC(C)C)n(Cc2ccc(-c3ccccc3-c3nn[nH]n3)cc2)c1=O. The van der Waals surface area contributed by atoms with Crippen molar-refractivity contribution in [3.63, 3.8) is 0 Å². The summed E-state index contributed by atoms with van der Waals surface area (Å²) in [7, 11) is 0. The third-order valence-corrected chi connectivity index (χ3v) is 6.03. The van der Waals surface area contributed by atoms with E-state index in [-0.39, 0.29) is 24.6 Å². The molecule has 0 saturated heterocycles. The number of aromatic amines is 1. The Morgan fingerprint density at radius 1 is 1.09 bits per heavy atom. The third kappa shape index (κ3) is 4.89. The monoisotopic (exact) mass is 472 g/mol. The molecule has 0 amide bonds. The molecule has 0 fully saturated rings. The van der Waals surface area contributed by atoms with E-state index in [0.29, 0.717) is 30.1 Å². The summed E-state index contributed by atoms with van der Waals surface area (Å²) < 4.78 is 2.58. The van der Waals surface area contributed by atoms with Gasteiger partial charge in [0.15, 0.2) is 6.29 Å². The number of aromatic nitrogens is 6. The molecule has 0 aliphatic carbocycles.